The molecular formula is C14H22N2O2S. The van der Waals surface area contributed by atoms with Crippen LogP contribution >= 0.6 is 11.8 Å². The Bertz CT molecular complexity index is 414. The van der Waals surface area contributed by atoms with Crippen LogP contribution in [0.4, 0.5) is 5.69 Å². The maximum absolute atomic E-state index is 5.80. The van der Waals surface area contributed by atoms with E-state index < -0.39 is 0 Å². The molecule has 19 heavy (non-hydrogen) atoms. The molecule has 1 fully saturated rings. The Morgan fingerprint density at radius 1 is 1.53 bits per heavy atom. The van der Waals surface area contributed by atoms with Crippen molar-refractivity contribution in [1.29, 1.82) is 0 Å². The average Bonchev–Trinajstić information content (AvgIpc) is 2.46. The molecule has 1 unspecified atom stereocenters. The summed E-state index contributed by atoms with van der Waals surface area (Å²) in [6.45, 7) is 6.18. The van der Waals surface area contributed by atoms with Crippen LogP contribution in [0.2, 0.25) is 0 Å². The molecule has 4 nitrogen and oxygen atoms in total. The maximum atomic E-state index is 5.80. The maximum Gasteiger partial charge on any atom is 0.134 e. The summed E-state index contributed by atoms with van der Waals surface area (Å²) < 4.78 is 11.2. The molecular weight excluding hydrogens is 260 g/mol. The van der Waals surface area contributed by atoms with Gasteiger partial charge in [0.25, 0.3) is 0 Å². The van der Waals surface area contributed by atoms with Crippen molar-refractivity contribution >= 4 is 17.4 Å². The summed E-state index contributed by atoms with van der Waals surface area (Å²) in [6, 6.07) is 5.78. The van der Waals surface area contributed by atoms with Crippen molar-refractivity contribution in [3.63, 3.8) is 0 Å². The topological polar surface area (TPSA) is 47.7 Å². The zero-order chi connectivity index (χ0) is 13.7. The Hall–Kier alpha value is -0.910. The molecule has 0 aliphatic carbocycles. The van der Waals surface area contributed by atoms with Crippen molar-refractivity contribution in [1.82, 2.24) is 4.90 Å². The summed E-state index contributed by atoms with van der Waals surface area (Å²) in [7, 11) is 1.68. The molecule has 0 spiro atoms. The third kappa shape index (κ3) is 4.03. The number of morpholine rings is 1. The van der Waals surface area contributed by atoms with E-state index in [0.29, 0.717) is 6.10 Å². The Labute approximate surface area is 119 Å². The molecule has 1 aromatic carbocycles. The number of benzene rings is 1. The third-order valence-electron chi connectivity index (χ3n) is 3.28. The van der Waals surface area contributed by atoms with E-state index in [1.165, 1.54) is 0 Å². The second-order valence-electron chi connectivity index (χ2n) is 4.61. The zero-order valence-electron chi connectivity index (χ0n) is 11.6. The molecule has 1 heterocycles. The fourth-order valence-electron chi connectivity index (χ4n) is 2.15. The van der Waals surface area contributed by atoms with Gasteiger partial charge in [-0.2, -0.15) is 0 Å². The highest BCUT2D eigenvalue weighted by molar-refractivity contribution is 7.99. The molecule has 5 heteroatoms. The smallest absolute Gasteiger partial charge is 0.134 e. The zero-order valence-corrected chi connectivity index (χ0v) is 12.4. The van der Waals surface area contributed by atoms with Crippen LogP contribution in [0.15, 0.2) is 23.1 Å². The predicted molar refractivity (Wildman–Crippen MR) is 80.0 cm³/mol. The second-order valence-corrected chi connectivity index (χ2v) is 5.67. The van der Waals surface area contributed by atoms with Gasteiger partial charge in [-0.15, -0.1) is 11.8 Å². The number of hydrogen-bond donors (Lipinski definition) is 1. The van der Waals surface area contributed by atoms with Crippen LogP contribution in [0, 0.1) is 0 Å². The van der Waals surface area contributed by atoms with Gasteiger partial charge in [-0.3, -0.25) is 4.90 Å². The minimum absolute atomic E-state index is 0.293. The Morgan fingerprint density at radius 2 is 2.37 bits per heavy atom. The van der Waals surface area contributed by atoms with Gasteiger partial charge in [0, 0.05) is 35.5 Å². The number of rotatable bonds is 5. The number of nitrogens with two attached hydrogens (primary N) is 1. The third-order valence-corrected chi connectivity index (χ3v) is 4.47. The summed E-state index contributed by atoms with van der Waals surface area (Å²) in [5, 5.41) is 0. The first kappa shape index (κ1) is 14.5. The SMILES string of the molecule is CCN1CCOC(CSc2ccc(N)cc2OC)C1. The summed E-state index contributed by atoms with van der Waals surface area (Å²) in [5.74, 6) is 1.78. The van der Waals surface area contributed by atoms with E-state index in [9.17, 15) is 0 Å². The highest BCUT2D eigenvalue weighted by atomic mass is 32.2. The molecule has 106 valence electrons. The van der Waals surface area contributed by atoms with E-state index >= 15 is 0 Å². The minimum atomic E-state index is 0.293. The molecule has 1 saturated heterocycles. The lowest BCUT2D eigenvalue weighted by Gasteiger charge is -2.31. The molecule has 0 bridgehead atoms. The van der Waals surface area contributed by atoms with Gasteiger partial charge in [-0.05, 0) is 18.7 Å². The molecule has 2 N–H and O–H groups in total. The van der Waals surface area contributed by atoms with Crippen LogP contribution in [0.25, 0.3) is 0 Å². The molecule has 0 aromatic heterocycles. The Balaban J connectivity index is 1.91. The van der Waals surface area contributed by atoms with E-state index in [1.54, 1.807) is 18.9 Å². The van der Waals surface area contributed by atoms with Crippen LogP contribution in [0.5, 0.6) is 5.75 Å². The van der Waals surface area contributed by atoms with Gasteiger partial charge >= 0.3 is 0 Å². The first-order chi connectivity index (χ1) is 9.22. The molecule has 1 aliphatic heterocycles. The highest BCUT2D eigenvalue weighted by Gasteiger charge is 2.19. The van der Waals surface area contributed by atoms with Gasteiger partial charge in [-0.25, -0.2) is 0 Å². The molecule has 0 saturated carbocycles. The Morgan fingerprint density at radius 3 is 3.11 bits per heavy atom. The van der Waals surface area contributed by atoms with Crippen molar-refractivity contribution < 1.29 is 9.47 Å². The Kier molecular flexibility index (Phi) is 5.36. The van der Waals surface area contributed by atoms with Crippen molar-refractivity contribution in [2.45, 2.75) is 17.9 Å². The van der Waals surface area contributed by atoms with Gasteiger partial charge in [0.1, 0.15) is 5.75 Å². The minimum Gasteiger partial charge on any atom is -0.496 e. The normalized spacial score (nSPS) is 20.4. The summed E-state index contributed by atoms with van der Waals surface area (Å²) >= 11 is 1.77. The molecule has 1 aliphatic rings. The monoisotopic (exact) mass is 282 g/mol. The number of methoxy groups -OCH3 is 1. The number of anilines is 1. The largest absolute Gasteiger partial charge is 0.496 e. The predicted octanol–water partition coefficient (Wildman–Crippen LogP) is 2.09. The number of hydrogen-bond acceptors (Lipinski definition) is 5. The van der Waals surface area contributed by atoms with Gasteiger partial charge in [-0.1, -0.05) is 6.92 Å². The first-order valence-electron chi connectivity index (χ1n) is 6.63. The number of ether oxygens (including phenoxy) is 2. The van der Waals surface area contributed by atoms with Crippen LogP contribution in [0.1, 0.15) is 6.92 Å². The summed E-state index contributed by atoms with van der Waals surface area (Å²) in [4.78, 5) is 3.54. The van der Waals surface area contributed by atoms with Crippen LogP contribution in [-0.4, -0.2) is 50.1 Å². The van der Waals surface area contributed by atoms with Crippen molar-refractivity contribution in [3.05, 3.63) is 18.2 Å². The molecule has 1 aromatic rings. The van der Waals surface area contributed by atoms with E-state index in [0.717, 1.165) is 48.3 Å². The van der Waals surface area contributed by atoms with Crippen LogP contribution < -0.4 is 10.5 Å². The quantitative estimate of drug-likeness (QED) is 0.662. The van der Waals surface area contributed by atoms with Crippen molar-refractivity contribution in [2.75, 3.05) is 44.8 Å². The lowest BCUT2D eigenvalue weighted by Crippen LogP contribution is -2.43. The number of thioether (sulfide) groups is 1. The molecule has 0 amide bonds. The van der Waals surface area contributed by atoms with Gasteiger partial charge < -0.3 is 15.2 Å². The van der Waals surface area contributed by atoms with E-state index in [2.05, 4.69) is 11.8 Å². The van der Waals surface area contributed by atoms with Gasteiger partial charge in [0.05, 0.1) is 19.8 Å². The fraction of sp³-hybridized carbons (Fsp3) is 0.571. The van der Waals surface area contributed by atoms with Gasteiger partial charge in [0.15, 0.2) is 0 Å². The number of nitrogen functional groups attached to an aromatic ring is 1. The standard InChI is InChI=1S/C14H22N2O2S/c1-3-16-6-7-18-12(9-16)10-19-14-5-4-11(15)8-13(14)17-2/h4-5,8,12H,3,6-7,9-10,15H2,1-2H3. The van der Waals surface area contributed by atoms with E-state index in [-0.39, 0.29) is 0 Å². The fourth-order valence-corrected chi connectivity index (χ4v) is 3.17. The lowest BCUT2D eigenvalue weighted by molar-refractivity contribution is -0.0137. The second kappa shape index (κ2) is 7.03. The van der Waals surface area contributed by atoms with Crippen molar-refractivity contribution in [2.24, 2.45) is 0 Å². The number of likely N-dealkylation sites (N-methyl/N-ethyl adjacent to an activating group) is 1. The first-order valence-corrected chi connectivity index (χ1v) is 7.61. The van der Waals surface area contributed by atoms with Gasteiger partial charge in [0.2, 0.25) is 0 Å². The van der Waals surface area contributed by atoms with Crippen molar-refractivity contribution in [3.8, 4) is 5.75 Å². The number of nitrogens with zero attached hydrogens (tertiary/aromatic N) is 1. The average molecular weight is 282 g/mol. The van der Waals surface area contributed by atoms with E-state index in [1.807, 2.05) is 18.2 Å². The lowest BCUT2D eigenvalue weighted by atomic mass is 10.3. The molecule has 0 radical (unpaired) electrons. The van der Waals surface area contributed by atoms with Crippen LogP contribution in [-0.2, 0) is 4.74 Å². The van der Waals surface area contributed by atoms with E-state index in [4.69, 9.17) is 15.2 Å². The summed E-state index contributed by atoms with van der Waals surface area (Å²) in [6.07, 6.45) is 0.293. The summed E-state index contributed by atoms with van der Waals surface area (Å²) in [5.41, 5.74) is 6.49. The molecule has 2 rings (SSSR count). The highest BCUT2D eigenvalue weighted by Crippen LogP contribution is 2.31. The molecule has 1 atom stereocenters. The van der Waals surface area contributed by atoms with Crippen LogP contribution in [0.3, 0.4) is 0 Å².